The van der Waals surface area contributed by atoms with Crippen LogP contribution in [-0.4, -0.2) is 47.4 Å². The maximum atomic E-state index is 13.7. The van der Waals surface area contributed by atoms with Crippen LogP contribution in [0.15, 0.2) is 42.5 Å². The molecule has 3 aromatic rings. The number of piperidine rings is 1. The lowest BCUT2D eigenvalue weighted by atomic mass is 9.88. The van der Waals surface area contributed by atoms with Crippen molar-refractivity contribution in [1.82, 2.24) is 14.5 Å². The molecule has 0 radical (unpaired) electrons. The predicted octanol–water partition coefficient (Wildman–Crippen LogP) is 5.41. The third-order valence-corrected chi connectivity index (χ3v) is 6.95. The smallest absolute Gasteiger partial charge is 0.167 e. The highest BCUT2D eigenvalue weighted by Crippen LogP contribution is 2.37. The molecule has 0 bridgehead atoms. The van der Waals surface area contributed by atoms with Crippen molar-refractivity contribution in [2.45, 2.75) is 38.5 Å². The van der Waals surface area contributed by atoms with Crippen molar-refractivity contribution in [2.24, 2.45) is 5.92 Å². The second-order valence-electron chi connectivity index (χ2n) is 8.84. The average Bonchev–Trinajstić information content (AvgIpc) is 3.46. The number of fused-ring (bicyclic) bond motifs is 1. The highest BCUT2D eigenvalue weighted by Gasteiger charge is 2.25. The van der Waals surface area contributed by atoms with Crippen molar-refractivity contribution in [3.63, 3.8) is 0 Å². The largest absolute Gasteiger partial charge is 0.493 e. The average molecular weight is 458 g/mol. The van der Waals surface area contributed by atoms with Crippen molar-refractivity contribution < 1.29 is 13.9 Å². The number of hydrogen-bond donors (Lipinski definition) is 0. The Hall–Kier alpha value is -2.15. The van der Waals surface area contributed by atoms with E-state index >= 15 is 0 Å². The standard InChI is InChI=1S/C25H29ClFN3O2/c26-20-5-6-24(32-16-18-9-12-31-15-18)21(13-20)19-7-10-29(11-8-19)14-25-28-22-3-1-2-4-23(22)30(25)17-27/h1-6,13,18-19H,7-12,14-17H2. The number of aromatic nitrogens is 2. The molecule has 3 heterocycles. The molecule has 1 aromatic heterocycles. The van der Waals surface area contributed by atoms with Crippen LogP contribution in [-0.2, 0) is 18.1 Å². The van der Waals surface area contributed by atoms with Gasteiger partial charge in [0.25, 0.3) is 0 Å². The van der Waals surface area contributed by atoms with Crippen LogP contribution in [0.5, 0.6) is 5.75 Å². The Bertz CT molecular complexity index is 1060. The molecule has 2 aliphatic rings. The Labute approximate surface area is 193 Å². The van der Waals surface area contributed by atoms with Crippen LogP contribution >= 0.6 is 11.6 Å². The lowest BCUT2D eigenvalue weighted by molar-refractivity contribution is 0.165. The molecule has 0 aliphatic carbocycles. The third kappa shape index (κ3) is 4.63. The molecule has 32 heavy (non-hydrogen) atoms. The number of benzene rings is 2. The van der Waals surface area contributed by atoms with E-state index in [1.54, 1.807) is 4.57 Å². The van der Waals surface area contributed by atoms with E-state index in [-0.39, 0.29) is 0 Å². The fourth-order valence-electron chi connectivity index (χ4n) is 4.87. The van der Waals surface area contributed by atoms with E-state index < -0.39 is 6.80 Å². The number of para-hydroxylation sites is 2. The topological polar surface area (TPSA) is 39.5 Å². The summed E-state index contributed by atoms with van der Waals surface area (Å²) in [5.41, 5.74) is 2.91. The molecule has 7 heteroatoms. The van der Waals surface area contributed by atoms with Crippen molar-refractivity contribution in [3.8, 4) is 5.75 Å². The zero-order valence-electron chi connectivity index (χ0n) is 18.2. The van der Waals surface area contributed by atoms with Crippen LogP contribution in [0.2, 0.25) is 5.02 Å². The van der Waals surface area contributed by atoms with Gasteiger partial charge in [-0.1, -0.05) is 23.7 Å². The Kier molecular flexibility index (Phi) is 6.62. The van der Waals surface area contributed by atoms with Crippen LogP contribution in [0.1, 0.15) is 36.6 Å². The van der Waals surface area contributed by atoms with Crippen LogP contribution < -0.4 is 4.74 Å². The number of ether oxygens (including phenoxy) is 2. The summed E-state index contributed by atoms with van der Waals surface area (Å²) in [5.74, 6) is 2.60. The lowest BCUT2D eigenvalue weighted by Crippen LogP contribution is -2.33. The molecular weight excluding hydrogens is 429 g/mol. The molecular formula is C25H29ClFN3O2. The normalized spacial score (nSPS) is 20.2. The van der Waals surface area contributed by atoms with Gasteiger partial charge in [0.2, 0.25) is 0 Å². The van der Waals surface area contributed by atoms with E-state index in [9.17, 15) is 4.39 Å². The van der Waals surface area contributed by atoms with Gasteiger partial charge in [0, 0.05) is 17.5 Å². The molecule has 2 aliphatic heterocycles. The Morgan fingerprint density at radius 1 is 1.12 bits per heavy atom. The van der Waals surface area contributed by atoms with Gasteiger partial charge in [0.05, 0.1) is 30.8 Å². The molecule has 0 amide bonds. The number of alkyl halides is 1. The van der Waals surface area contributed by atoms with Gasteiger partial charge in [-0.3, -0.25) is 9.47 Å². The van der Waals surface area contributed by atoms with Crippen molar-refractivity contribution in [2.75, 3.05) is 32.9 Å². The molecule has 0 N–H and O–H groups in total. The van der Waals surface area contributed by atoms with Crippen molar-refractivity contribution >= 4 is 22.6 Å². The monoisotopic (exact) mass is 457 g/mol. The first kappa shape index (κ1) is 21.7. The van der Waals surface area contributed by atoms with Gasteiger partial charge < -0.3 is 9.47 Å². The van der Waals surface area contributed by atoms with E-state index in [4.69, 9.17) is 21.1 Å². The molecule has 2 saturated heterocycles. The molecule has 5 nitrogen and oxygen atoms in total. The van der Waals surface area contributed by atoms with Crippen molar-refractivity contribution in [3.05, 3.63) is 58.9 Å². The van der Waals surface area contributed by atoms with Gasteiger partial charge in [-0.05, 0) is 74.2 Å². The number of rotatable bonds is 7. The quantitative estimate of drug-likeness (QED) is 0.475. The first-order valence-corrected chi connectivity index (χ1v) is 11.8. The molecule has 0 saturated carbocycles. The van der Waals surface area contributed by atoms with E-state index in [2.05, 4.69) is 16.0 Å². The van der Waals surface area contributed by atoms with E-state index in [1.165, 1.54) is 5.56 Å². The fraction of sp³-hybridized carbons (Fsp3) is 0.480. The minimum absolute atomic E-state index is 0.403. The number of hydrogen-bond acceptors (Lipinski definition) is 4. The van der Waals surface area contributed by atoms with Crippen LogP contribution in [0.3, 0.4) is 0 Å². The lowest BCUT2D eigenvalue weighted by Gasteiger charge is -2.32. The summed E-state index contributed by atoms with van der Waals surface area (Å²) < 4.78 is 27.1. The van der Waals surface area contributed by atoms with Crippen LogP contribution in [0, 0.1) is 5.92 Å². The minimum atomic E-state index is -0.554. The number of nitrogens with zero attached hydrogens (tertiary/aromatic N) is 3. The summed E-state index contributed by atoms with van der Waals surface area (Å²) in [6, 6.07) is 13.7. The number of halogens is 2. The highest BCUT2D eigenvalue weighted by molar-refractivity contribution is 6.30. The fourth-order valence-corrected chi connectivity index (χ4v) is 5.05. The Balaban J connectivity index is 1.24. The van der Waals surface area contributed by atoms with Crippen LogP contribution in [0.4, 0.5) is 4.39 Å². The highest BCUT2D eigenvalue weighted by atomic mass is 35.5. The Morgan fingerprint density at radius 3 is 2.75 bits per heavy atom. The maximum absolute atomic E-state index is 13.7. The molecule has 5 rings (SSSR count). The number of likely N-dealkylation sites (tertiary alicyclic amines) is 1. The van der Waals surface area contributed by atoms with Crippen molar-refractivity contribution in [1.29, 1.82) is 0 Å². The van der Waals surface area contributed by atoms with E-state index in [1.807, 2.05) is 36.4 Å². The van der Waals surface area contributed by atoms with Gasteiger partial charge >= 0.3 is 0 Å². The van der Waals surface area contributed by atoms with Gasteiger partial charge in [-0.15, -0.1) is 0 Å². The van der Waals surface area contributed by atoms with Gasteiger partial charge in [-0.2, -0.15) is 0 Å². The summed E-state index contributed by atoms with van der Waals surface area (Å²) in [5, 5.41) is 0.746. The second kappa shape index (κ2) is 9.77. The SMILES string of the molecule is FCn1c(CN2CCC(c3cc(Cl)ccc3OCC3CCOC3)CC2)nc2ccccc21. The molecule has 170 valence electrons. The summed E-state index contributed by atoms with van der Waals surface area (Å²) in [6.07, 6.45) is 3.09. The number of imidazole rings is 1. The van der Waals surface area contributed by atoms with Gasteiger partial charge in [0.1, 0.15) is 11.6 Å². The molecule has 2 aromatic carbocycles. The third-order valence-electron chi connectivity index (χ3n) is 6.72. The zero-order chi connectivity index (χ0) is 21.9. The second-order valence-corrected chi connectivity index (χ2v) is 9.27. The van der Waals surface area contributed by atoms with Crippen LogP contribution in [0.25, 0.3) is 11.0 Å². The summed E-state index contributed by atoms with van der Waals surface area (Å²) in [6.45, 7) is 4.27. The molecule has 1 unspecified atom stereocenters. The zero-order valence-corrected chi connectivity index (χ0v) is 18.9. The molecule has 2 fully saturated rings. The van der Waals surface area contributed by atoms with E-state index in [0.717, 1.165) is 73.2 Å². The summed E-state index contributed by atoms with van der Waals surface area (Å²) >= 11 is 6.34. The summed E-state index contributed by atoms with van der Waals surface area (Å²) in [4.78, 5) is 7.04. The maximum Gasteiger partial charge on any atom is 0.167 e. The van der Waals surface area contributed by atoms with E-state index in [0.29, 0.717) is 25.0 Å². The first-order valence-electron chi connectivity index (χ1n) is 11.4. The first-order chi connectivity index (χ1) is 15.7. The minimum Gasteiger partial charge on any atom is -0.493 e. The predicted molar refractivity (Wildman–Crippen MR) is 124 cm³/mol. The van der Waals surface area contributed by atoms with Gasteiger partial charge in [-0.25, -0.2) is 9.37 Å². The summed E-state index contributed by atoms with van der Waals surface area (Å²) in [7, 11) is 0. The van der Waals surface area contributed by atoms with Gasteiger partial charge in [0.15, 0.2) is 6.80 Å². The Morgan fingerprint density at radius 2 is 1.97 bits per heavy atom. The molecule has 0 spiro atoms. The molecule has 1 atom stereocenters.